The van der Waals surface area contributed by atoms with E-state index < -0.39 is 28.6 Å². The Morgan fingerprint density at radius 1 is 1.31 bits per heavy atom. The predicted molar refractivity (Wildman–Crippen MR) is 102 cm³/mol. The van der Waals surface area contributed by atoms with Gasteiger partial charge < -0.3 is 14.4 Å². The van der Waals surface area contributed by atoms with Crippen LogP contribution in [0.25, 0.3) is 0 Å². The fourth-order valence-corrected chi connectivity index (χ4v) is 5.62. The largest absolute Gasteiger partial charge is 0.522 e. The standard InChI is InChI=1S/C19H26F3NO5S/c1-5-13(17(27-4)12(2)26-3)10-23-16(24)11-29(25)18(23)14-7-6-8-15(9-14)28-19(20,21)22/h5,14-15,18H,1-2,6-11H2,3-4H3/b17-13-. The lowest BCUT2D eigenvalue weighted by Gasteiger charge is -2.36. The van der Waals surface area contributed by atoms with Gasteiger partial charge in [0.1, 0.15) is 11.1 Å². The normalized spacial score (nSPS) is 28.7. The fraction of sp³-hybridized carbons (Fsp3) is 0.632. The molecule has 0 N–H and O–H groups in total. The smallest absolute Gasteiger partial charge is 0.493 e. The van der Waals surface area contributed by atoms with Crippen molar-refractivity contribution in [3.63, 3.8) is 0 Å². The molecule has 1 saturated carbocycles. The Bertz CT molecular complexity index is 706. The second-order valence-electron chi connectivity index (χ2n) is 6.94. The van der Waals surface area contributed by atoms with E-state index in [9.17, 15) is 22.2 Å². The summed E-state index contributed by atoms with van der Waals surface area (Å²) in [4.78, 5) is 14.0. The molecule has 2 aliphatic rings. The molecule has 29 heavy (non-hydrogen) atoms. The van der Waals surface area contributed by atoms with Crippen molar-refractivity contribution in [2.75, 3.05) is 26.5 Å². The predicted octanol–water partition coefficient (Wildman–Crippen LogP) is 3.25. The fourth-order valence-electron chi connectivity index (χ4n) is 3.89. The maximum Gasteiger partial charge on any atom is 0.522 e. The van der Waals surface area contributed by atoms with Gasteiger partial charge in [0.25, 0.3) is 0 Å². The summed E-state index contributed by atoms with van der Waals surface area (Å²) < 4.78 is 65.1. The first-order valence-electron chi connectivity index (χ1n) is 9.15. The van der Waals surface area contributed by atoms with Crippen molar-refractivity contribution in [2.45, 2.75) is 43.5 Å². The number of methoxy groups -OCH3 is 2. The van der Waals surface area contributed by atoms with Crippen LogP contribution >= 0.6 is 0 Å². The van der Waals surface area contributed by atoms with E-state index in [0.717, 1.165) is 0 Å². The topological polar surface area (TPSA) is 65.1 Å². The van der Waals surface area contributed by atoms with Gasteiger partial charge in [0.15, 0.2) is 11.5 Å². The van der Waals surface area contributed by atoms with E-state index >= 15 is 0 Å². The first kappa shape index (κ1) is 23.5. The van der Waals surface area contributed by atoms with Crippen molar-refractivity contribution in [1.82, 2.24) is 4.90 Å². The van der Waals surface area contributed by atoms with Gasteiger partial charge in [0.2, 0.25) is 5.91 Å². The monoisotopic (exact) mass is 437 g/mol. The number of ether oxygens (including phenoxy) is 3. The van der Waals surface area contributed by atoms with Gasteiger partial charge in [-0.25, -0.2) is 0 Å². The molecule has 0 aromatic carbocycles. The number of rotatable bonds is 8. The molecule has 0 aromatic rings. The van der Waals surface area contributed by atoms with E-state index in [1.54, 1.807) is 0 Å². The summed E-state index contributed by atoms with van der Waals surface area (Å²) in [6, 6.07) is 0. The number of alkyl halides is 3. The maximum atomic E-state index is 12.7. The highest BCUT2D eigenvalue weighted by Gasteiger charge is 2.45. The Kier molecular flexibility index (Phi) is 7.93. The van der Waals surface area contributed by atoms with Crippen molar-refractivity contribution in [3.8, 4) is 0 Å². The van der Waals surface area contributed by atoms with E-state index in [4.69, 9.17) is 9.47 Å². The number of halogens is 3. The minimum atomic E-state index is -4.72. The Morgan fingerprint density at radius 3 is 2.55 bits per heavy atom. The molecule has 2 fully saturated rings. The number of hydrogen-bond acceptors (Lipinski definition) is 5. The van der Waals surface area contributed by atoms with E-state index in [0.29, 0.717) is 24.2 Å². The van der Waals surface area contributed by atoms with E-state index in [1.165, 1.54) is 25.2 Å². The van der Waals surface area contributed by atoms with Gasteiger partial charge in [-0.15, -0.1) is 13.2 Å². The lowest BCUT2D eigenvalue weighted by molar-refractivity contribution is -0.346. The first-order valence-corrected chi connectivity index (χ1v) is 10.5. The summed E-state index contributed by atoms with van der Waals surface area (Å²) in [5.74, 6) is -0.308. The third-order valence-corrected chi connectivity index (χ3v) is 6.82. The zero-order valence-corrected chi connectivity index (χ0v) is 17.3. The van der Waals surface area contributed by atoms with Crippen LogP contribution in [0.4, 0.5) is 13.2 Å². The number of carbonyl (C=O) groups excluding carboxylic acids is 1. The van der Waals surface area contributed by atoms with Gasteiger partial charge in [-0.05, 0) is 25.2 Å². The minimum Gasteiger partial charge on any atom is -0.493 e. The summed E-state index contributed by atoms with van der Waals surface area (Å²) in [5.41, 5.74) is 0.510. The Morgan fingerprint density at radius 2 is 2.00 bits per heavy atom. The van der Waals surface area contributed by atoms with Crippen LogP contribution < -0.4 is 0 Å². The molecule has 1 saturated heterocycles. The highest BCUT2D eigenvalue weighted by Crippen LogP contribution is 2.37. The first-order chi connectivity index (χ1) is 13.6. The molecular weight excluding hydrogens is 411 g/mol. The molecule has 0 bridgehead atoms. The Labute approximate surface area is 170 Å². The van der Waals surface area contributed by atoms with Crippen LogP contribution in [0, 0.1) is 5.92 Å². The van der Waals surface area contributed by atoms with Gasteiger partial charge >= 0.3 is 6.36 Å². The molecule has 4 atom stereocenters. The third kappa shape index (κ3) is 5.85. The number of nitrogens with zero attached hydrogens (tertiary/aromatic N) is 1. The molecule has 1 heterocycles. The van der Waals surface area contributed by atoms with Crippen LogP contribution in [0.15, 0.2) is 36.3 Å². The Balaban J connectivity index is 2.25. The molecule has 6 nitrogen and oxygen atoms in total. The zero-order chi connectivity index (χ0) is 21.8. The Hall–Kier alpha value is -1.81. The van der Waals surface area contributed by atoms with Crippen LogP contribution in [0.1, 0.15) is 25.7 Å². The second-order valence-corrected chi connectivity index (χ2v) is 8.47. The maximum absolute atomic E-state index is 12.7. The van der Waals surface area contributed by atoms with E-state index in [-0.39, 0.29) is 42.7 Å². The van der Waals surface area contributed by atoms with Crippen LogP contribution in [-0.2, 0) is 29.8 Å². The van der Waals surface area contributed by atoms with E-state index in [1.807, 2.05) is 0 Å². The number of amides is 1. The lowest BCUT2D eigenvalue weighted by atomic mass is 9.86. The molecule has 10 heteroatoms. The summed E-state index contributed by atoms with van der Waals surface area (Å²) >= 11 is 0. The van der Waals surface area contributed by atoms with Crippen molar-refractivity contribution < 1.29 is 36.4 Å². The van der Waals surface area contributed by atoms with Crippen LogP contribution in [0.3, 0.4) is 0 Å². The van der Waals surface area contributed by atoms with Gasteiger partial charge in [0.05, 0.1) is 37.7 Å². The molecule has 1 aliphatic carbocycles. The van der Waals surface area contributed by atoms with Gasteiger partial charge in [-0.1, -0.05) is 25.7 Å². The molecule has 0 aromatic heterocycles. The highest BCUT2D eigenvalue weighted by molar-refractivity contribution is 7.86. The molecule has 4 unspecified atom stereocenters. The molecule has 1 amide bonds. The second kappa shape index (κ2) is 9.80. The van der Waals surface area contributed by atoms with Crippen molar-refractivity contribution in [3.05, 3.63) is 36.3 Å². The van der Waals surface area contributed by atoms with Gasteiger partial charge in [-0.3, -0.25) is 13.7 Å². The van der Waals surface area contributed by atoms with Crippen molar-refractivity contribution in [1.29, 1.82) is 0 Å². The molecule has 1 aliphatic heterocycles. The van der Waals surface area contributed by atoms with Crippen molar-refractivity contribution in [2.24, 2.45) is 5.92 Å². The number of carbonyl (C=O) groups is 1. The summed E-state index contributed by atoms with van der Waals surface area (Å²) in [5, 5.41) is -0.689. The molecule has 164 valence electrons. The lowest BCUT2D eigenvalue weighted by Crippen LogP contribution is -2.44. The van der Waals surface area contributed by atoms with Crippen LogP contribution in [0.5, 0.6) is 0 Å². The van der Waals surface area contributed by atoms with E-state index in [2.05, 4.69) is 17.9 Å². The minimum absolute atomic E-state index is 0.0472. The van der Waals surface area contributed by atoms with Gasteiger partial charge in [0, 0.05) is 5.57 Å². The van der Waals surface area contributed by atoms with Gasteiger partial charge in [-0.2, -0.15) is 0 Å². The zero-order valence-electron chi connectivity index (χ0n) is 16.5. The molecular formula is C19H26F3NO5S. The molecule has 2 rings (SSSR count). The summed E-state index contributed by atoms with van der Waals surface area (Å²) in [7, 11) is 1.33. The van der Waals surface area contributed by atoms with Crippen LogP contribution in [-0.4, -0.2) is 59.4 Å². The third-order valence-electron chi connectivity index (χ3n) is 5.12. The quantitative estimate of drug-likeness (QED) is 0.431. The number of hydrogen-bond donors (Lipinski definition) is 0. The molecule has 0 radical (unpaired) electrons. The summed E-state index contributed by atoms with van der Waals surface area (Å²) in [6.45, 7) is 7.51. The molecule has 0 spiro atoms. The average Bonchev–Trinajstić information content (AvgIpc) is 2.93. The van der Waals surface area contributed by atoms with Crippen molar-refractivity contribution >= 4 is 16.7 Å². The highest BCUT2D eigenvalue weighted by atomic mass is 32.2. The summed E-state index contributed by atoms with van der Waals surface area (Å²) in [6.07, 6.45) is -2.77. The SMILES string of the molecule is C=C/C(CN1C(=O)CS(=O)C1C1CCCC(OC(F)(F)F)C1)=C(/OC)C(=C)OC. The van der Waals surface area contributed by atoms with Crippen LogP contribution in [0.2, 0.25) is 0 Å². The average molecular weight is 437 g/mol.